The minimum Gasteiger partial charge on any atom is -0.508 e. The Bertz CT molecular complexity index is 784. The maximum absolute atomic E-state index is 12.2. The molecule has 0 spiro atoms. The zero-order valence-electron chi connectivity index (χ0n) is 11.1. The van der Waals surface area contributed by atoms with Crippen molar-refractivity contribution in [2.24, 2.45) is 0 Å². The Kier molecular flexibility index (Phi) is 2.18. The molecule has 2 N–H and O–H groups in total. The van der Waals surface area contributed by atoms with Crippen LogP contribution in [-0.2, 0) is 5.41 Å². The van der Waals surface area contributed by atoms with Crippen molar-refractivity contribution in [3.8, 4) is 5.75 Å². The lowest BCUT2D eigenvalue weighted by Gasteiger charge is -2.16. The third-order valence-corrected chi connectivity index (χ3v) is 3.89. The first kappa shape index (κ1) is 12.0. The van der Waals surface area contributed by atoms with Crippen molar-refractivity contribution in [1.82, 2.24) is 4.98 Å². The molecular weight excluding hydrogens is 242 g/mol. The summed E-state index contributed by atoms with van der Waals surface area (Å²) in [5.74, 6) is 0.110. The smallest absolute Gasteiger partial charge is 0.252 e. The Hall–Kier alpha value is -2.10. The second-order valence-electron chi connectivity index (χ2n) is 5.87. The van der Waals surface area contributed by atoms with Gasteiger partial charge in [-0.1, -0.05) is 13.8 Å². The Morgan fingerprint density at radius 1 is 1.26 bits per heavy atom. The minimum atomic E-state index is -0.450. The first-order valence-electron chi connectivity index (χ1n) is 6.24. The van der Waals surface area contributed by atoms with E-state index in [0.717, 1.165) is 0 Å². The Balaban J connectivity index is 2.54. The van der Waals surface area contributed by atoms with Crippen molar-refractivity contribution in [2.75, 3.05) is 0 Å². The second-order valence-corrected chi connectivity index (χ2v) is 5.87. The van der Waals surface area contributed by atoms with Crippen LogP contribution in [0.5, 0.6) is 5.75 Å². The minimum absolute atomic E-state index is 0.0284. The fraction of sp³-hybridized carbons (Fsp3) is 0.333. The highest BCUT2D eigenvalue weighted by molar-refractivity contribution is 6.12. The Morgan fingerprint density at radius 2 is 1.95 bits per heavy atom. The predicted octanol–water partition coefficient (Wildman–Crippen LogP) is 2.41. The maximum Gasteiger partial charge on any atom is 0.252 e. The van der Waals surface area contributed by atoms with E-state index in [9.17, 15) is 14.7 Å². The number of fused-ring (bicyclic) bond motifs is 3. The molecule has 0 saturated carbocycles. The van der Waals surface area contributed by atoms with E-state index < -0.39 is 5.41 Å². The van der Waals surface area contributed by atoms with Crippen LogP contribution in [0.25, 0.3) is 10.9 Å². The number of benzene rings is 1. The Morgan fingerprint density at radius 3 is 2.63 bits per heavy atom. The maximum atomic E-state index is 12.2. The van der Waals surface area contributed by atoms with Gasteiger partial charge in [-0.15, -0.1) is 0 Å². The van der Waals surface area contributed by atoms with E-state index in [1.54, 1.807) is 19.1 Å². The second kappa shape index (κ2) is 3.47. The number of hydrogen-bond donors (Lipinski definition) is 2. The molecule has 4 heteroatoms. The van der Waals surface area contributed by atoms with Crippen LogP contribution in [0.3, 0.4) is 0 Å². The lowest BCUT2D eigenvalue weighted by Crippen LogP contribution is -2.24. The molecule has 1 heterocycles. The number of nitrogens with one attached hydrogen (secondary N) is 1. The van der Waals surface area contributed by atoms with Crippen molar-refractivity contribution in [2.45, 2.75) is 32.6 Å². The largest absolute Gasteiger partial charge is 0.508 e. The van der Waals surface area contributed by atoms with Gasteiger partial charge < -0.3 is 10.1 Å². The van der Waals surface area contributed by atoms with Crippen molar-refractivity contribution in [1.29, 1.82) is 0 Å². The summed E-state index contributed by atoms with van der Waals surface area (Å²) in [6, 6.07) is 3.27. The molecule has 1 aliphatic rings. The lowest BCUT2D eigenvalue weighted by molar-refractivity contribution is 0.0981. The molecule has 1 aromatic carbocycles. The van der Waals surface area contributed by atoms with E-state index in [2.05, 4.69) is 4.98 Å². The molecule has 0 bridgehead atoms. The van der Waals surface area contributed by atoms with E-state index in [4.69, 9.17) is 0 Å². The van der Waals surface area contributed by atoms with Gasteiger partial charge in [-0.2, -0.15) is 0 Å². The van der Waals surface area contributed by atoms with Crippen LogP contribution in [0.2, 0.25) is 0 Å². The number of hydrogen-bond acceptors (Lipinski definition) is 3. The van der Waals surface area contributed by atoms with Gasteiger partial charge in [0.25, 0.3) is 5.56 Å². The van der Waals surface area contributed by atoms with Crippen LogP contribution in [0.4, 0.5) is 0 Å². The van der Waals surface area contributed by atoms with Crippen molar-refractivity contribution < 1.29 is 9.90 Å². The van der Waals surface area contributed by atoms with Crippen LogP contribution >= 0.6 is 0 Å². The fourth-order valence-electron chi connectivity index (χ4n) is 2.95. The van der Waals surface area contributed by atoms with Gasteiger partial charge in [0.2, 0.25) is 0 Å². The van der Waals surface area contributed by atoms with E-state index in [1.165, 1.54) is 0 Å². The summed E-state index contributed by atoms with van der Waals surface area (Å²) < 4.78 is 0. The topological polar surface area (TPSA) is 70.2 Å². The molecule has 3 rings (SSSR count). The van der Waals surface area contributed by atoms with Crippen LogP contribution < -0.4 is 5.56 Å². The van der Waals surface area contributed by atoms with Gasteiger partial charge in [-0.3, -0.25) is 9.59 Å². The Labute approximate surface area is 110 Å². The molecule has 0 saturated heterocycles. The molecule has 2 aromatic rings. The molecule has 1 aromatic heterocycles. The number of aromatic amines is 1. The average molecular weight is 257 g/mol. The first-order chi connectivity index (χ1) is 8.81. The zero-order valence-corrected chi connectivity index (χ0v) is 11.1. The summed E-state index contributed by atoms with van der Waals surface area (Å²) in [6.45, 7) is 5.55. The molecule has 0 aliphatic heterocycles. The van der Waals surface area contributed by atoms with Crippen molar-refractivity contribution in [3.05, 3.63) is 39.2 Å². The van der Waals surface area contributed by atoms with Crippen molar-refractivity contribution >= 4 is 16.7 Å². The highest BCUT2D eigenvalue weighted by Gasteiger charge is 2.39. The summed E-state index contributed by atoms with van der Waals surface area (Å²) in [5, 5.41) is 10.5. The summed E-state index contributed by atoms with van der Waals surface area (Å²) in [5.41, 5.74) is 1.63. The summed E-state index contributed by atoms with van der Waals surface area (Å²) >= 11 is 0. The standard InChI is InChI=1S/C15H15NO3/c1-7-4-9-8(5-10(7)17)12-11(18)6-15(2,3)13(12)14(19)16-9/h4-5,17H,6H2,1-3H3,(H,16,19). The number of ketones is 1. The number of carbonyl (C=O) groups is 1. The van der Waals surface area contributed by atoms with E-state index in [0.29, 0.717) is 34.0 Å². The molecule has 0 fully saturated rings. The lowest BCUT2D eigenvalue weighted by atomic mass is 9.87. The average Bonchev–Trinajstić information content (AvgIpc) is 2.53. The normalized spacial score (nSPS) is 16.9. The number of carbonyl (C=O) groups excluding carboxylic acids is 1. The monoisotopic (exact) mass is 257 g/mol. The molecular formula is C15H15NO3. The molecule has 0 radical (unpaired) electrons. The summed E-state index contributed by atoms with van der Waals surface area (Å²) in [4.78, 5) is 27.2. The van der Waals surface area contributed by atoms with Crippen LogP contribution in [-0.4, -0.2) is 15.9 Å². The summed E-state index contributed by atoms with van der Waals surface area (Å²) in [6.07, 6.45) is 0.333. The van der Waals surface area contributed by atoms with Gasteiger partial charge in [0, 0.05) is 33.9 Å². The van der Waals surface area contributed by atoms with E-state index in [1.807, 2.05) is 13.8 Å². The third-order valence-electron chi connectivity index (χ3n) is 3.89. The molecule has 0 unspecified atom stereocenters. The van der Waals surface area contributed by atoms with Gasteiger partial charge in [0.1, 0.15) is 5.75 Å². The molecule has 1 aliphatic carbocycles. The quantitative estimate of drug-likeness (QED) is 0.761. The van der Waals surface area contributed by atoms with Crippen LogP contribution in [0.15, 0.2) is 16.9 Å². The van der Waals surface area contributed by atoms with Gasteiger partial charge >= 0.3 is 0 Å². The number of aromatic hydroxyl groups is 1. The summed E-state index contributed by atoms with van der Waals surface area (Å²) in [7, 11) is 0. The number of phenolic OH excluding ortho intramolecular Hbond substituents is 1. The first-order valence-corrected chi connectivity index (χ1v) is 6.24. The van der Waals surface area contributed by atoms with Gasteiger partial charge in [-0.25, -0.2) is 0 Å². The van der Waals surface area contributed by atoms with Crippen LogP contribution in [0.1, 0.15) is 41.8 Å². The van der Waals surface area contributed by atoms with Gasteiger partial charge in [0.15, 0.2) is 5.78 Å². The molecule has 0 atom stereocenters. The third kappa shape index (κ3) is 1.52. The number of aromatic nitrogens is 1. The molecule has 98 valence electrons. The van der Waals surface area contributed by atoms with Gasteiger partial charge in [-0.05, 0) is 24.6 Å². The highest BCUT2D eigenvalue weighted by atomic mass is 16.3. The number of rotatable bonds is 0. The molecule has 4 nitrogen and oxygen atoms in total. The van der Waals surface area contributed by atoms with Gasteiger partial charge in [0.05, 0.1) is 0 Å². The number of H-pyrrole nitrogens is 1. The molecule has 19 heavy (non-hydrogen) atoms. The van der Waals surface area contributed by atoms with Crippen LogP contribution in [0, 0.1) is 6.92 Å². The van der Waals surface area contributed by atoms with E-state index >= 15 is 0 Å². The fourth-order valence-corrected chi connectivity index (χ4v) is 2.95. The zero-order chi connectivity index (χ0) is 13.9. The predicted molar refractivity (Wildman–Crippen MR) is 72.9 cm³/mol. The van der Waals surface area contributed by atoms with E-state index in [-0.39, 0.29) is 17.1 Å². The number of pyridine rings is 1. The molecule has 0 amide bonds. The van der Waals surface area contributed by atoms with Crippen molar-refractivity contribution in [3.63, 3.8) is 0 Å². The number of phenols is 1. The highest BCUT2D eigenvalue weighted by Crippen LogP contribution is 2.39. The SMILES string of the molecule is Cc1cc2[nH]c(=O)c3c(c2cc1O)C(=O)CC3(C)C. The number of aryl methyl sites for hydroxylation is 1. The number of Topliss-reactive ketones (excluding diaryl/α,β-unsaturated/α-hetero) is 1.